The van der Waals surface area contributed by atoms with Crippen molar-refractivity contribution in [3.8, 4) is 17.2 Å². The van der Waals surface area contributed by atoms with E-state index < -0.39 is 12.1 Å². The van der Waals surface area contributed by atoms with Gasteiger partial charge in [-0.05, 0) is 53.4 Å². The second-order valence-electron chi connectivity index (χ2n) is 12.2. The molecule has 45 heavy (non-hydrogen) atoms. The molecule has 232 valence electrons. The number of piperazine rings is 1. The SMILES string of the molecule is COCCOc1ccc(CN2CC[C@@H](N3CC(=O)N4[C@H](c5ccc6c(c5)OCO6)c5[nH]c6ccccc6c5C[C@@H]4C3=O)C2)cc1. The third-order valence-corrected chi connectivity index (χ3v) is 9.58. The van der Waals surface area contributed by atoms with Crippen molar-refractivity contribution in [3.63, 3.8) is 0 Å². The van der Waals surface area contributed by atoms with E-state index in [1.807, 2.05) is 58.3 Å². The highest BCUT2D eigenvalue weighted by molar-refractivity contribution is 5.98. The van der Waals surface area contributed by atoms with Gasteiger partial charge in [0, 0.05) is 55.8 Å². The molecule has 1 aromatic heterocycles. The number of aromatic amines is 1. The smallest absolute Gasteiger partial charge is 0.246 e. The van der Waals surface area contributed by atoms with Gasteiger partial charge >= 0.3 is 0 Å². The lowest BCUT2D eigenvalue weighted by Crippen LogP contribution is -2.65. The molecule has 4 aliphatic heterocycles. The first-order valence-electron chi connectivity index (χ1n) is 15.6. The van der Waals surface area contributed by atoms with Crippen LogP contribution in [0.3, 0.4) is 0 Å². The maximum Gasteiger partial charge on any atom is 0.246 e. The Bertz CT molecular complexity index is 1750. The monoisotopic (exact) mass is 608 g/mol. The van der Waals surface area contributed by atoms with E-state index in [0.29, 0.717) is 31.1 Å². The summed E-state index contributed by atoms with van der Waals surface area (Å²) >= 11 is 0. The average molecular weight is 609 g/mol. The van der Waals surface area contributed by atoms with Crippen molar-refractivity contribution < 1.29 is 28.5 Å². The highest BCUT2D eigenvalue weighted by Crippen LogP contribution is 2.45. The molecule has 2 saturated heterocycles. The summed E-state index contributed by atoms with van der Waals surface area (Å²) in [5, 5.41) is 1.09. The van der Waals surface area contributed by atoms with Gasteiger partial charge in [-0.2, -0.15) is 0 Å². The van der Waals surface area contributed by atoms with E-state index in [1.54, 1.807) is 7.11 Å². The third-order valence-electron chi connectivity index (χ3n) is 9.58. The number of hydrogen-bond donors (Lipinski definition) is 1. The quantitative estimate of drug-likeness (QED) is 0.304. The predicted octanol–water partition coefficient (Wildman–Crippen LogP) is 3.88. The number of nitrogens with one attached hydrogen (secondary N) is 1. The number of benzene rings is 3. The third kappa shape index (κ3) is 4.98. The Balaban J connectivity index is 1.04. The fourth-order valence-electron chi connectivity index (χ4n) is 7.43. The van der Waals surface area contributed by atoms with Gasteiger partial charge in [0.1, 0.15) is 24.9 Å². The summed E-state index contributed by atoms with van der Waals surface area (Å²) in [6.07, 6.45) is 1.32. The molecule has 4 aliphatic rings. The maximum atomic E-state index is 14.4. The number of para-hydroxylation sites is 1. The van der Waals surface area contributed by atoms with E-state index in [2.05, 4.69) is 28.1 Å². The second kappa shape index (κ2) is 11.4. The average Bonchev–Trinajstić information content (AvgIpc) is 3.81. The molecule has 5 heterocycles. The van der Waals surface area contributed by atoms with Crippen LogP contribution in [0.5, 0.6) is 17.2 Å². The zero-order chi connectivity index (χ0) is 30.5. The van der Waals surface area contributed by atoms with Crippen molar-refractivity contribution in [1.29, 1.82) is 0 Å². The number of nitrogens with zero attached hydrogens (tertiary/aromatic N) is 3. The molecule has 2 amide bonds. The van der Waals surface area contributed by atoms with Gasteiger partial charge in [0.05, 0.1) is 12.6 Å². The fraction of sp³-hybridized carbons (Fsp3) is 0.371. The number of aromatic nitrogens is 1. The van der Waals surface area contributed by atoms with Crippen LogP contribution >= 0.6 is 0 Å². The van der Waals surface area contributed by atoms with Crippen molar-refractivity contribution in [1.82, 2.24) is 19.7 Å². The van der Waals surface area contributed by atoms with Crippen LogP contribution in [0.2, 0.25) is 0 Å². The standard InChI is InChI=1S/C35H36N4O6/c1-42-14-15-43-25-9-6-22(7-10-25)18-37-13-12-24(19-37)38-20-32(40)39-29(35(38)41)17-27-26-4-2-3-5-28(26)36-33(27)34(39)23-8-11-30-31(16-23)45-21-44-30/h2-11,16,24,29,34,36H,12-15,17-21H2,1H3/t24-,29-,34-/m1/s1. The van der Waals surface area contributed by atoms with Crippen LogP contribution in [-0.2, 0) is 27.3 Å². The van der Waals surface area contributed by atoms with E-state index in [4.69, 9.17) is 18.9 Å². The summed E-state index contributed by atoms with van der Waals surface area (Å²) in [6.45, 7) is 3.71. The molecule has 10 nitrogen and oxygen atoms in total. The molecule has 0 bridgehead atoms. The van der Waals surface area contributed by atoms with Crippen molar-refractivity contribution in [2.24, 2.45) is 0 Å². The molecular weight excluding hydrogens is 572 g/mol. The number of fused-ring (bicyclic) bond motifs is 5. The Morgan fingerprint density at radius 3 is 2.69 bits per heavy atom. The van der Waals surface area contributed by atoms with E-state index in [9.17, 15) is 9.59 Å². The van der Waals surface area contributed by atoms with Crippen LogP contribution in [0.1, 0.15) is 34.8 Å². The first-order chi connectivity index (χ1) is 22.1. The van der Waals surface area contributed by atoms with Crippen LogP contribution in [0.25, 0.3) is 10.9 Å². The number of likely N-dealkylation sites (tertiary alicyclic amines) is 1. The Labute approximate surface area is 261 Å². The van der Waals surface area contributed by atoms with Gasteiger partial charge in [-0.15, -0.1) is 0 Å². The van der Waals surface area contributed by atoms with Crippen LogP contribution in [-0.4, -0.2) is 90.3 Å². The number of H-pyrrole nitrogens is 1. The van der Waals surface area contributed by atoms with E-state index in [-0.39, 0.29) is 31.2 Å². The summed E-state index contributed by atoms with van der Waals surface area (Å²) in [5.74, 6) is 2.16. The van der Waals surface area contributed by atoms with Crippen LogP contribution < -0.4 is 14.2 Å². The molecule has 0 unspecified atom stereocenters. The largest absolute Gasteiger partial charge is 0.491 e. The molecule has 0 spiro atoms. The van der Waals surface area contributed by atoms with Gasteiger partial charge in [-0.1, -0.05) is 36.4 Å². The Morgan fingerprint density at radius 1 is 0.978 bits per heavy atom. The van der Waals surface area contributed by atoms with Crippen molar-refractivity contribution in [3.05, 3.63) is 89.1 Å². The Kier molecular flexibility index (Phi) is 7.10. The summed E-state index contributed by atoms with van der Waals surface area (Å²) in [4.78, 5) is 38.1. The topological polar surface area (TPSA) is 96.6 Å². The molecule has 0 aliphatic carbocycles. The molecule has 3 atom stereocenters. The molecule has 3 aromatic carbocycles. The first-order valence-corrected chi connectivity index (χ1v) is 15.6. The lowest BCUT2D eigenvalue weighted by atomic mass is 9.85. The molecule has 10 heteroatoms. The molecular formula is C35H36N4O6. The van der Waals surface area contributed by atoms with Gasteiger partial charge in [-0.3, -0.25) is 14.5 Å². The van der Waals surface area contributed by atoms with Gasteiger partial charge < -0.3 is 33.7 Å². The molecule has 0 radical (unpaired) electrons. The van der Waals surface area contributed by atoms with Crippen molar-refractivity contribution >= 4 is 22.7 Å². The van der Waals surface area contributed by atoms with E-state index >= 15 is 0 Å². The van der Waals surface area contributed by atoms with Crippen molar-refractivity contribution in [2.45, 2.75) is 37.5 Å². The number of ether oxygens (including phenoxy) is 4. The summed E-state index contributed by atoms with van der Waals surface area (Å²) in [7, 11) is 1.66. The van der Waals surface area contributed by atoms with Crippen LogP contribution in [0.15, 0.2) is 66.7 Å². The number of carbonyl (C=O) groups is 2. The fourth-order valence-corrected chi connectivity index (χ4v) is 7.43. The highest BCUT2D eigenvalue weighted by atomic mass is 16.7. The minimum Gasteiger partial charge on any atom is -0.491 e. The highest BCUT2D eigenvalue weighted by Gasteiger charge is 2.50. The number of amides is 2. The van der Waals surface area contributed by atoms with E-state index in [1.165, 1.54) is 5.56 Å². The van der Waals surface area contributed by atoms with Crippen LogP contribution in [0, 0.1) is 0 Å². The normalized spacial score (nSPS) is 22.6. The number of hydrogen-bond acceptors (Lipinski definition) is 7. The Hall–Kier alpha value is -4.54. The number of methoxy groups -OCH3 is 1. The van der Waals surface area contributed by atoms with Gasteiger partial charge in [0.15, 0.2) is 11.5 Å². The Morgan fingerprint density at radius 2 is 1.82 bits per heavy atom. The molecule has 1 N–H and O–H groups in total. The molecule has 4 aromatic rings. The molecule has 2 fully saturated rings. The van der Waals surface area contributed by atoms with Crippen LogP contribution in [0.4, 0.5) is 0 Å². The minimum absolute atomic E-state index is 0.00592. The minimum atomic E-state index is -0.576. The lowest BCUT2D eigenvalue weighted by molar-refractivity contribution is -0.160. The number of carbonyl (C=O) groups excluding carboxylic acids is 2. The molecule has 0 saturated carbocycles. The summed E-state index contributed by atoms with van der Waals surface area (Å²) < 4.78 is 22.0. The first kappa shape index (κ1) is 28.0. The summed E-state index contributed by atoms with van der Waals surface area (Å²) in [5.41, 5.74) is 5.15. The molecule has 8 rings (SSSR count). The number of rotatable bonds is 8. The van der Waals surface area contributed by atoms with Gasteiger partial charge in [0.2, 0.25) is 18.6 Å². The van der Waals surface area contributed by atoms with Gasteiger partial charge in [0.25, 0.3) is 0 Å². The maximum absolute atomic E-state index is 14.4. The predicted molar refractivity (Wildman–Crippen MR) is 166 cm³/mol. The van der Waals surface area contributed by atoms with Gasteiger partial charge in [-0.25, -0.2) is 0 Å². The van der Waals surface area contributed by atoms with Crippen molar-refractivity contribution in [2.75, 3.05) is 46.8 Å². The zero-order valence-electron chi connectivity index (χ0n) is 25.2. The zero-order valence-corrected chi connectivity index (χ0v) is 25.2. The second-order valence-corrected chi connectivity index (χ2v) is 12.2. The summed E-state index contributed by atoms with van der Waals surface area (Å²) in [6, 6.07) is 21.1. The van der Waals surface area contributed by atoms with E-state index in [0.717, 1.165) is 59.5 Å². The lowest BCUT2D eigenvalue weighted by Gasteiger charge is -2.48.